The molecule has 26 heavy (non-hydrogen) atoms. The zero-order valence-electron chi connectivity index (χ0n) is 15.3. The maximum atomic E-state index is 12.1. The van der Waals surface area contributed by atoms with E-state index in [1.807, 2.05) is 6.92 Å². The molecular formula is C16H29N5O5. The van der Waals surface area contributed by atoms with E-state index in [0.29, 0.717) is 12.7 Å². The summed E-state index contributed by atoms with van der Waals surface area (Å²) in [6.07, 6.45) is 3.01. The number of nitrogens with two attached hydrogens (primary N) is 1. The molecule has 0 aromatic heterocycles. The van der Waals surface area contributed by atoms with E-state index in [1.165, 1.54) is 6.92 Å². The van der Waals surface area contributed by atoms with Crippen molar-refractivity contribution in [1.82, 2.24) is 21.4 Å². The highest BCUT2D eigenvalue weighted by molar-refractivity contribution is 5.92. The highest BCUT2D eigenvalue weighted by Crippen LogP contribution is 2.01. The van der Waals surface area contributed by atoms with Crippen molar-refractivity contribution in [2.24, 2.45) is 5.84 Å². The van der Waals surface area contributed by atoms with Crippen molar-refractivity contribution >= 4 is 29.8 Å². The number of ketones is 1. The van der Waals surface area contributed by atoms with Crippen molar-refractivity contribution < 1.29 is 24.0 Å². The lowest BCUT2D eigenvalue weighted by atomic mass is 10.1. The lowest BCUT2D eigenvalue weighted by Gasteiger charge is -2.19. The smallest absolute Gasteiger partial charge is 0.242 e. The molecule has 0 aliphatic rings. The number of hydrogen-bond donors (Lipinski definition) is 5. The number of nitrogens with one attached hydrogen (secondary N) is 4. The molecule has 0 rings (SSSR count). The van der Waals surface area contributed by atoms with Gasteiger partial charge in [-0.3, -0.25) is 25.0 Å². The van der Waals surface area contributed by atoms with Crippen LogP contribution in [0.1, 0.15) is 46.0 Å². The van der Waals surface area contributed by atoms with E-state index >= 15 is 0 Å². The standard InChI is InChI=1S/C16H29N5O5/c1-3-4-6-12(15(25)18-9-11(2)23)20-14(24)10-19-16(26)13(21-17)7-5-8-22/h8,12-13,21H,3-7,9-10,17H2,1-2H3,(H,18,25)(H,19,26)(H,20,24)/t12?,13-/m0/s1. The molecule has 148 valence electrons. The van der Waals surface area contributed by atoms with Gasteiger partial charge in [-0.05, 0) is 19.8 Å². The second-order valence-electron chi connectivity index (χ2n) is 5.86. The average molecular weight is 371 g/mol. The van der Waals surface area contributed by atoms with Crippen LogP contribution in [0.15, 0.2) is 0 Å². The molecule has 0 saturated heterocycles. The second kappa shape index (κ2) is 13.9. The van der Waals surface area contributed by atoms with Gasteiger partial charge in [-0.2, -0.15) is 0 Å². The highest BCUT2D eigenvalue weighted by atomic mass is 16.2. The molecule has 10 nitrogen and oxygen atoms in total. The minimum absolute atomic E-state index is 0.103. The number of carbonyl (C=O) groups excluding carboxylic acids is 5. The quantitative estimate of drug-likeness (QED) is 0.138. The molecule has 6 N–H and O–H groups in total. The van der Waals surface area contributed by atoms with Crippen LogP contribution in [0.4, 0.5) is 0 Å². The molecule has 0 spiro atoms. The summed E-state index contributed by atoms with van der Waals surface area (Å²) in [7, 11) is 0. The van der Waals surface area contributed by atoms with Gasteiger partial charge in [0, 0.05) is 6.42 Å². The molecule has 0 aliphatic carbocycles. The number of aldehydes is 1. The lowest BCUT2D eigenvalue weighted by Crippen LogP contribution is -2.52. The Morgan fingerprint density at radius 1 is 1.00 bits per heavy atom. The van der Waals surface area contributed by atoms with Crippen molar-refractivity contribution in [3.05, 3.63) is 0 Å². The Kier molecular flexibility index (Phi) is 12.7. The first-order valence-electron chi connectivity index (χ1n) is 8.59. The SMILES string of the molecule is CCCCC(NC(=O)CNC(=O)[C@H](CCC=O)NN)C(=O)NCC(C)=O. The first-order valence-corrected chi connectivity index (χ1v) is 8.59. The van der Waals surface area contributed by atoms with Gasteiger partial charge in [0.05, 0.1) is 13.1 Å². The molecule has 0 fully saturated rings. The minimum atomic E-state index is -0.789. The van der Waals surface area contributed by atoms with Gasteiger partial charge in [-0.15, -0.1) is 0 Å². The van der Waals surface area contributed by atoms with Crippen LogP contribution < -0.4 is 27.2 Å². The van der Waals surface area contributed by atoms with Gasteiger partial charge in [0.1, 0.15) is 24.2 Å². The van der Waals surface area contributed by atoms with Crippen LogP contribution in [0.5, 0.6) is 0 Å². The summed E-state index contributed by atoms with van der Waals surface area (Å²) in [5.74, 6) is 3.55. The Morgan fingerprint density at radius 3 is 2.15 bits per heavy atom. The first-order chi connectivity index (χ1) is 12.3. The number of hydrazine groups is 1. The fraction of sp³-hybridized carbons (Fsp3) is 0.688. The third-order valence-corrected chi connectivity index (χ3v) is 3.52. The molecule has 10 heteroatoms. The number of Topliss-reactive ketones (excluding diaryl/α,β-unsaturated/α-hetero) is 1. The van der Waals surface area contributed by atoms with E-state index < -0.39 is 29.8 Å². The number of amides is 3. The van der Waals surface area contributed by atoms with Crippen LogP contribution in [-0.2, 0) is 24.0 Å². The van der Waals surface area contributed by atoms with Crippen molar-refractivity contribution in [1.29, 1.82) is 0 Å². The van der Waals surface area contributed by atoms with Gasteiger partial charge < -0.3 is 20.7 Å². The molecule has 0 bridgehead atoms. The Labute approximate surface area is 153 Å². The Morgan fingerprint density at radius 2 is 1.62 bits per heavy atom. The van der Waals surface area contributed by atoms with Crippen LogP contribution in [-0.4, -0.2) is 55.0 Å². The number of unbranched alkanes of at least 4 members (excludes halogenated alkanes) is 1. The largest absolute Gasteiger partial charge is 0.347 e. The van der Waals surface area contributed by atoms with Gasteiger partial charge in [0.2, 0.25) is 17.7 Å². The summed E-state index contributed by atoms with van der Waals surface area (Å²) in [5.41, 5.74) is 2.28. The second-order valence-corrected chi connectivity index (χ2v) is 5.86. The maximum absolute atomic E-state index is 12.1. The molecule has 0 aromatic carbocycles. The highest BCUT2D eigenvalue weighted by Gasteiger charge is 2.22. The van der Waals surface area contributed by atoms with Gasteiger partial charge in [0.15, 0.2) is 0 Å². The predicted molar refractivity (Wildman–Crippen MR) is 94.6 cm³/mol. The molecule has 2 atom stereocenters. The maximum Gasteiger partial charge on any atom is 0.242 e. The third-order valence-electron chi connectivity index (χ3n) is 3.52. The molecular weight excluding hydrogens is 342 g/mol. The normalized spacial score (nSPS) is 12.6. The zero-order valence-corrected chi connectivity index (χ0v) is 15.3. The van der Waals surface area contributed by atoms with Gasteiger partial charge in [-0.1, -0.05) is 19.8 Å². The molecule has 0 aliphatic heterocycles. The number of carbonyl (C=O) groups is 5. The summed E-state index contributed by atoms with van der Waals surface area (Å²) >= 11 is 0. The molecule has 0 saturated carbocycles. The first kappa shape index (κ1) is 23.7. The van der Waals surface area contributed by atoms with E-state index in [0.717, 1.165) is 12.8 Å². The van der Waals surface area contributed by atoms with Crippen LogP contribution in [0.2, 0.25) is 0 Å². The van der Waals surface area contributed by atoms with E-state index in [-0.39, 0.29) is 31.7 Å². The number of rotatable bonds is 14. The fourth-order valence-electron chi connectivity index (χ4n) is 2.07. The van der Waals surface area contributed by atoms with Gasteiger partial charge >= 0.3 is 0 Å². The summed E-state index contributed by atoms with van der Waals surface area (Å²) in [6, 6.07) is -1.57. The fourth-order valence-corrected chi connectivity index (χ4v) is 2.07. The lowest BCUT2D eigenvalue weighted by molar-refractivity contribution is -0.131. The van der Waals surface area contributed by atoms with Crippen LogP contribution >= 0.6 is 0 Å². The van der Waals surface area contributed by atoms with Crippen LogP contribution in [0.25, 0.3) is 0 Å². The summed E-state index contributed by atoms with van der Waals surface area (Å²) in [4.78, 5) is 57.3. The van der Waals surface area contributed by atoms with Crippen molar-refractivity contribution in [3.8, 4) is 0 Å². The molecule has 0 heterocycles. The molecule has 0 aromatic rings. The summed E-state index contributed by atoms with van der Waals surface area (Å²) in [5, 5.41) is 7.41. The van der Waals surface area contributed by atoms with E-state index in [1.54, 1.807) is 0 Å². The number of hydrogen-bond acceptors (Lipinski definition) is 7. The van der Waals surface area contributed by atoms with Gasteiger partial charge in [-0.25, -0.2) is 5.43 Å². The monoisotopic (exact) mass is 371 g/mol. The minimum Gasteiger partial charge on any atom is -0.347 e. The van der Waals surface area contributed by atoms with E-state index in [9.17, 15) is 24.0 Å². The summed E-state index contributed by atoms with van der Waals surface area (Å²) in [6.45, 7) is 2.86. The Bertz CT molecular complexity index is 497. The molecule has 3 amide bonds. The third kappa shape index (κ3) is 10.5. The van der Waals surface area contributed by atoms with Crippen LogP contribution in [0.3, 0.4) is 0 Å². The van der Waals surface area contributed by atoms with E-state index in [2.05, 4.69) is 21.4 Å². The Balaban J connectivity index is 4.54. The Hall–Kier alpha value is -2.33. The van der Waals surface area contributed by atoms with Crippen molar-refractivity contribution in [3.63, 3.8) is 0 Å². The van der Waals surface area contributed by atoms with E-state index in [4.69, 9.17) is 5.84 Å². The van der Waals surface area contributed by atoms with Crippen LogP contribution in [0, 0.1) is 0 Å². The summed E-state index contributed by atoms with van der Waals surface area (Å²) < 4.78 is 0. The van der Waals surface area contributed by atoms with Crippen molar-refractivity contribution in [2.75, 3.05) is 13.1 Å². The van der Waals surface area contributed by atoms with Crippen molar-refractivity contribution in [2.45, 2.75) is 58.0 Å². The molecule has 1 unspecified atom stereocenters. The molecule has 0 radical (unpaired) electrons. The van der Waals surface area contributed by atoms with Gasteiger partial charge in [0.25, 0.3) is 0 Å². The predicted octanol–water partition coefficient (Wildman–Crippen LogP) is -1.71. The zero-order chi connectivity index (χ0) is 19.9. The average Bonchev–Trinajstić information content (AvgIpc) is 2.61. The topological polar surface area (TPSA) is 159 Å².